The summed E-state index contributed by atoms with van der Waals surface area (Å²) in [5.41, 5.74) is 7.48. The molecule has 0 radical (unpaired) electrons. The minimum absolute atomic E-state index is 0.560. The van der Waals surface area contributed by atoms with Gasteiger partial charge in [-0.3, -0.25) is 4.90 Å². The number of nitrogens with zero attached hydrogens (tertiary/aromatic N) is 3. The van der Waals surface area contributed by atoms with Crippen LogP contribution in [0.25, 0.3) is 22.6 Å². The predicted octanol–water partition coefficient (Wildman–Crippen LogP) is 7.77. The van der Waals surface area contributed by atoms with Crippen LogP contribution in [0.3, 0.4) is 0 Å². The molecule has 0 unspecified atom stereocenters. The Morgan fingerprint density at radius 1 is 0.794 bits per heavy atom. The molecule has 4 aromatic rings. The maximum atomic E-state index is 5.23. The molecule has 34 heavy (non-hydrogen) atoms. The molecule has 1 aromatic heterocycles. The Hall–Kier alpha value is -3.17. The minimum Gasteiger partial charge on any atom is -0.326 e. The van der Waals surface area contributed by atoms with E-state index in [2.05, 4.69) is 122 Å². The summed E-state index contributed by atoms with van der Waals surface area (Å²) in [5.74, 6) is 1.63. The smallest absolute Gasteiger partial charge is 0.140 e. The highest BCUT2D eigenvalue weighted by Crippen LogP contribution is 2.31. The van der Waals surface area contributed by atoms with E-state index in [9.17, 15) is 0 Å². The molecule has 0 fully saturated rings. The summed E-state index contributed by atoms with van der Waals surface area (Å²) in [5, 5.41) is 0. The van der Waals surface area contributed by atoms with E-state index in [1.54, 1.807) is 0 Å². The van der Waals surface area contributed by atoms with Crippen LogP contribution < -0.4 is 0 Å². The molecule has 0 aliphatic carbocycles. The topological polar surface area (TPSA) is 21.1 Å². The lowest BCUT2D eigenvalue weighted by molar-refractivity contribution is 0.309. The molecule has 3 aromatic carbocycles. The van der Waals surface area contributed by atoms with E-state index >= 15 is 0 Å². The van der Waals surface area contributed by atoms with Crippen molar-refractivity contribution in [2.45, 2.75) is 59.2 Å². The molecule has 0 saturated heterocycles. The van der Waals surface area contributed by atoms with Gasteiger partial charge in [0.25, 0.3) is 0 Å². The van der Waals surface area contributed by atoms with Gasteiger partial charge in [-0.1, -0.05) is 112 Å². The molecule has 3 heteroatoms. The molecule has 3 nitrogen and oxygen atoms in total. The average molecular weight is 452 g/mol. The largest absolute Gasteiger partial charge is 0.326 e. The van der Waals surface area contributed by atoms with Crippen molar-refractivity contribution < 1.29 is 0 Å². The molecule has 0 bridgehead atoms. The van der Waals surface area contributed by atoms with Gasteiger partial charge in [-0.25, -0.2) is 4.98 Å². The summed E-state index contributed by atoms with van der Waals surface area (Å²) in [6.45, 7) is 9.48. The van der Waals surface area contributed by atoms with Crippen molar-refractivity contribution in [2.24, 2.45) is 0 Å². The zero-order valence-corrected chi connectivity index (χ0v) is 21.0. The second-order valence-corrected chi connectivity index (χ2v) is 9.54. The number of imidazole rings is 1. The first-order chi connectivity index (χ1) is 16.6. The Morgan fingerprint density at radius 2 is 1.41 bits per heavy atom. The Morgan fingerprint density at radius 3 is 2.00 bits per heavy atom. The number of rotatable bonds is 10. The molecule has 0 N–H and O–H groups in total. The van der Waals surface area contributed by atoms with Crippen molar-refractivity contribution in [1.82, 2.24) is 14.5 Å². The molecule has 1 heterocycles. The van der Waals surface area contributed by atoms with E-state index in [4.69, 9.17) is 4.98 Å². The molecular formula is C31H37N3. The maximum Gasteiger partial charge on any atom is 0.140 e. The van der Waals surface area contributed by atoms with Gasteiger partial charge in [0.05, 0.1) is 11.4 Å². The fraction of sp³-hybridized carbons (Fsp3) is 0.323. The van der Waals surface area contributed by atoms with Gasteiger partial charge in [-0.05, 0) is 30.5 Å². The van der Waals surface area contributed by atoms with Crippen molar-refractivity contribution in [3.05, 3.63) is 102 Å². The molecule has 176 valence electrons. The summed E-state index contributed by atoms with van der Waals surface area (Å²) < 4.78 is 2.46. The second kappa shape index (κ2) is 11.3. The summed E-state index contributed by atoms with van der Waals surface area (Å²) in [7, 11) is 2.21. The van der Waals surface area contributed by atoms with Crippen LogP contribution in [-0.2, 0) is 19.6 Å². The van der Waals surface area contributed by atoms with E-state index in [1.165, 1.54) is 27.9 Å². The molecule has 0 spiro atoms. The molecule has 0 atom stereocenters. The number of benzene rings is 3. The van der Waals surface area contributed by atoms with Gasteiger partial charge in [0.1, 0.15) is 5.82 Å². The first kappa shape index (κ1) is 24.0. The molecular weight excluding hydrogens is 414 g/mol. The lowest BCUT2D eigenvalue weighted by Gasteiger charge is -2.20. The van der Waals surface area contributed by atoms with E-state index in [0.29, 0.717) is 5.92 Å². The van der Waals surface area contributed by atoms with Crippen LogP contribution >= 0.6 is 0 Å². The van der Waals surface area contributed by atoms with Gasteiger partial charge in [0.15, 0.2) is 0 Å². The Bertz CT molecular complexity index is 1160. The molecule has 0 aliphatic rings. The number of aromatic nitrogens is 2. The Kier molecular flexibility index (Phi) is 7.97. The van der Waals surface area contributed by atoms with Gasteiger partial charge in [0, 0.05) is 30.8 Å². The predicted molar refractivity (Wildman–Crippen MR) is 144 cm³/mol. The van der Waals surface area contributed by atoms with Crippen molar-refractivity contribution >= 4 is 0 Å². The number of unbranched alkanes of at least 4 members (excludes halogenated alkanes) is 1. The summed E-state index contributed by atoms with van der Waals surface area (Å²) >= 11 is 0. The second-order valence-electron chi connectivity index (χ2n) is 9.54. The third-order valence-corrected chi connectivity index (χ3v) is 6.41. The summed E-state index contributed by atoms with van der Waals surface area (Å²) in [6, 6.07) is 30.3. The third kappa shape index (κ3) is 5.66. The standard InChI is InChI=1S/C31H37N3/c1-5-6-21-34-29(23-33(4)22-25-17-19-26(20-18-25)24(2)3)30(27-13-9-7-10-14-27)32-31(34)28-15-11-8-12-16-28/h7-20,24H,5-6,21-23H2,1-4H3. The molecule has 0 aliphatic heterocycles. The lowest BCUT2D eigenvalue weighted by Crippen LogP contribution is -2.20. The Labute approximate surface area is 205 Å². The van der Waals surface area contributed by atoms with Crippen LogP contribution in [0, 0.1) is 0 Å². The first-order valence-corrected chi connectivity index (χ1v) is 12.5. The number of hydrogen-bond donors (Lipinski definition) is 0. The monoisotopic (exact) mass is 451 g/mol. The zero-order valence-electron chi connectivity index (χ0n) is 21.0. The highest BCUT2D eigenvalue weighted by molar-refractivity contribution is 5.68. The quantitative estimate of drug-likeness (QED) is 0.245. The molecule has 0 saturated carbocycles. The third-order valence-electron chi connectivity index (χ3n) is 6.41. The van der Waals surface area contributed by atoms with Crippen LogP contribution in [0.2, 0.25) is 0 Å². The van der Waals surface area contributed by atoms with Crippen molar-refractivity contribution in [3.63, 3.8) is 0 Å². The zero-order chi connectivity index (χ0) is 23.9. The van der Waals surface area contributed by atoms with E-state index < -0.39 is 0 Å². The van der Waals surface area contributed by atoms with Gasteiger partial charge in [-0.2, -0.15) is 0 Å². The van der Waals surface area contributed by atoms with E-state index in [1.807, 2.05) is 0 Å². The van der Waals surface area contributed by atoms with E-state index in [0.717, 1.165) is 44.0 Å². The van der Waals surface area contributed by atoms with Crippen LogP contribution in [0.4, 0.5) is 0 Å². The fourth-order valence-corrected chi connectivity index (χ4v) is 4.47. The van der Waals surface area contributed by atoms with Crippen LogP contribution in [0.15, 0.2) is 84.9 Å². The van der Waals surface area contributed by atoms with Gasteiger partial charge in [0.2, 0.25) is 0 Å². The molecule has 4 rings (SSSR count). The number of hydrogen-bond acceptors (Lipinski definition) is 2. The summed E-state index contributed by atoms with van der Waals surface area (Å²) in [6.07, 6.45) is 2.29. The Balaban J connectivity index is 1.70. The van der Waals surface area contributed by atoms with Crippen molar-refractivity contribution in [3.8, 4) is 22.6 Å². The van der Waals surface area contributed by atoms with Gasteiger partial charge in [-0.15, -0.1) is 0 Å². The van der Waals surface area contributed by atoms with Crippen LogP contribution in [-0.4, -0.2) is 21.5 Å². The first-order valence-electron chi connectivity index (χ1n) is 12.5. The SMILES string of the molecule is CCCCn1c(-c2ccccc2)nc(-c2ccccc2)c1CN(C)Cc1ccc(C(C)C)cc1. The summed E-state index contributed by atoms with van der Waals surface area (Å²) in [4.78, 5) is 7.64. The van der Waals surface area contributed by atoms with Gasteiger partial charge >= 0.3 is 0 Å². The fourth-order valence-electron chi connectivity index (χ4n) is 4.47. The lowest BCUT2D eigenvalue weighted by atomic mass is 10.0. The maximum absolute atomic E-state index is 5.23. The molecule has 0 amide bonds. The van der Waals surface area contributed by atoms with E-state index in [-0.39, 0.29) is 0 Å². The van der Waals surface area contributed by atoms with Crippen LogP contribution in [0.1, 0.15) is 56.4 Å². The minimum atomic E-state index is 0.560. The highest BCUT2D eigenvalue weighted by atomic mass is 15.2. The van der Waals surface area contributed by atoms with Crippen LogP contribution in [0.5, 0.6) is 0 Å². The highest BCUT2D eigenvalue weighted by Gasteiger charge is 2.20. The normalized spacial score (nSPS) is 11.5. The average Bonchev–Trinajstić information content (AvgIpc) is 3.21. The van der Waals surface area contributed by atoms with Crippen molar-refractivity contribution in [2.75, 3.05) is 7.05 Å². The van der Waals surface area contributed by atoms with Gasteiger partial charge < -0.3 is 4.57 Å². The van der Waals surface area contributed by atoms with Crippen molar-refractivity contribution in [1.29, 1.82) is 0 Å².